The Hall–Kier alpha value is -2.37. The molecule has 1 N–H and O–H groups in total. The maximum atomic E-state index is 12.2. The highest BCUT2D eigenvalue weighted by molar-refractivity contribution is 5.79. The molecule has 1 aromatic heterocycles. The van der Waals surface area contributed by atoms with Gasteiger partial charge in [-0.2, -0.15) is 5.10 Å². The maximum Gasteiger partial charge on any atom is 0.227 e. The molecule has 6 nitrogen and oxygen atoms in total. The minimum absolute atomic E-state index is 0.00282. The van der Waals surface area contributed by atoms with Gasteiger partial charge in [-0.15, -0.1) is 0 Å². The number of carbonyl (C=O) groups is 1. The summed E-state index contributed by atoms with van der Waals surface area (Å²) >= 11 is 0. The molecule has 0 spiro atoms. The number of aryl methyl sites for hydroxylation is 1. The van der Waals surface area contributed by atoms with Gasteiger partial charge in [-0.05, 0) is 13.0 Å². The number of aromatic nitrogens is 3. The van der Waals surface area contributed by atoms with Crippen LogP contribution in [0.5, 0.6) is 5.75 Å². The molecule has 0 radical (unpaired) electrons. The Balaban J connectivity index is 2.00. The monoisotopic (exact) mass is 274 g/mol. The van der Waals surface area contributed by atoms with E-state index in [1.807, 2.05) is 31.2 Å². The summed E-state index contributed by atoms with van der Waals surface area (Å²) in [6, 6.07) is 7.51. The molecule has 2 rings (SSSR count). The molecule has 20 heavy (non-hydrogen) atoms. The Kier molecular flexibility index (Phi) is 4.34. The molecule has 0 aliphatic carbocycles. The second-order valence-electron chi connectivity index (χ2n) is 4.58. The van der Waals surface area contributed by atoms with Crippen LogP contribution in [0, 0.1) is 6.92 Å². The number of H-pyrrole nitrogens is 1. The summed E-state index contributed by atoms with van der Waals surface area (Å²) in [5.74, 6) is 2.07. The maximum absolute atomic E-state index is 12.2. The number of hydrogen-bond acceptors (Lipinski definition) is 4. The standard InChI is InChI=1S/C14H18N4O2/c1-10-15-13(17-16-10)9-18(2)14(19)8-11-6-4-5-7-12(11)20-3/h4-7H,8-9H2,1-3H3,(H,15,16,17). The zero-order valence-corrected chi connectivity index (χ0v) is 11.9. The fourth-order valence-electron chi connectivity index (χ4n) is 1.91. The number of methoxy groups -OCH3 is 1. The third-order valence-corrected chi connectivity index (χ3v) is 2.98. The number of benzene rings is 1. The van der Waals surface area contributed by atoms with Crippen molar-refractivity contribution >= 4 is 5.91 Å². The fraction of sp³-hybridized carbons (Fsp3) is 0.357. The largest absolute Gasteiger partial charge is 0.496 e. The van der Waals surface area contributed by atoms with Crippen molar-refractivity contribution in [2.75, 3.05) is 14.2 Å². The van der Waals surface area contributed by atoms with Crippen LogP contribution < -0.4 is 4.74 Å². The Morgan fingerprint density at radius 1 is 1.40 bits per heavy atom. The van der Waals surface area contributed by atoms with Crippen molar-refractivity contribution in [3.8, 4) is 5.75 Å². The average Bonchev–Trinajstić information content (AvgIpc) is 2.84. The Morgan fingerprint density at radius 2 is 2.15 bits per heavy atom. The molecule has 2 aromatic rings. The van der Waals surface area contributed by atoms with Crippen LogP contribution in [0.1, 0.15) is 17.2 Å². The number of para-hydroxylation sites is 1. The summed E-state index contributed by atoms with van der Waals surface area (Å²) in [4.78, 5) is 18.0. The number of rotatable bonds is 5. The van der Waals surface area contributed by atoms with Gasteiger partial charge in [0.1, 0.15) is 11.6 Å². The van der Waals surface area contributed by atoms with Gasteiger partial charge in [-0.1, -0.05) is 18.2 Å². The van der Waals surface area contributed by atoms with Crippen molar-refractivity contribution in [3.05, 3.63) is 41.5 Å². The molecule has 106 valence electrons. The van der Waals surface area contributed by atoms with E-state index in [9.17, 15) is 4.79 Å². The first-order valence-electron chi connectivity index (χ1n) is 6.34. The van der Waals surface area contributed by atoms with E-state index in [2.05, 4.69) is 15.2 Å². The van der Waals surface area contributed by atoms with Crippen molar-refractivity contribution < 1.29 is 9.53 Å². The minimum Gasteiger partial charge on any atom is -0.496 e. The highest BCUT2D eigenvalue weighted by atomic mass is 16.5. The lowest BCUT2D eigenvalue weighted by atomic mass is 10.1. The highest BCUT2D eigenvalue weighted by Gasteiger charge is 2.14. The van der Waals surface area contributed by atoms with Crippen molar-refractivity contribution in [1.82, 2.24) is 20.1 Å². The van der Waals surface area contributed by atoms with Gasteiger partial charge >= 0.3 is 0 Å². The number of nitrogens with zero attached hydrogens (tertiary/aromatic N) is 3. The first kappa shape index (κ1) is 14.0. The van der Waals surface area contributed by atoms with Gasteiger partial charge in [0.15, 0.2) is 5.82 Å². The Morgan fingerprint density at radius 3 is 2.80 bits per heavy atom. The van der Waals surface area contributed by atoms with Crippen LogP contribution in [0.2, 0.25) is 0 Å². The molecular weight excluding hydrogens is 256 g/mol. The summed E-state index contributed by atoms with van der Waals surface area (Å²) in [5, 5.41) is 6.79. The highest BCUT2D eigenvalue weighted by Crippen LogP contribution is 2.18. The number of likely N-dealkylation sites (N-methyl/N-ethyl adjacent to an activating group) is 1. The van der Waals surface area contributed by atoms with Gasteiger partial charge in [0.25, 0.3) is 0 Å². The lowest BCUT2D eigenvalue weighted by Crippen LogP contribution is -2.28. The van der Waals surface area contributed by atoms with E-state index >= 15 is 0 Å². The lowest BCUT2D eigenvalue weighted by molar-refractivity contribution is -0.129. The van der Waals surface area contributed by atoms with E-state index in [0.717, 1.165) is 17.1 Å². The van der Waals surface area contributed by atoms with Crippen molar-refractivity contribution in [2.45, 2.75) is 19.9 Å². The van der Waals surface area contributed by atoms with Gasteiger partial charge in [-0.25, -0.2) is 4.98 Å². The molecule has 0 aliphatic rings. The van der Waals surface area contributed by atoms with Crippen LogP contribution in [-0.2, 0) is 17.8 Å². The first-order valence-corrected chi connectivity index (χ1v) is 6.34. The smallest absolute Gasteiger partial charge is 0.227 e. The zero-order valence-electron chi connectivity index (χ0n) is 11.9. The third-order valence-electron chi connectivity index (χ3n) is 2.98. The molecule has 1 aromatic carbocycles. The summed E-state index contributed by atoms with van der Waals surface area (Å²) < 4.78 is 5.25. The Labute approximate surface area is 117 Å². The molecule has 0 bridgehead atoms. The second-order valence-corrected chi connectivity index (χ2v) is 4.58. The van der Waals surface area contributed by atoms with E-state index in [-0.39, 0.29) is 5.91 Å². The van der Waals surface area contributed by atoms with Gasteiger partial charge < -0.3 is 9.64 Å². The Bertz CT molecular complexity index is 594. The molecular formula is C14H18N4O2. The van der Waals surface area contributed by atoms with Crippen LogP contribution in [0.25, 0.3) is 0 Å². The number of carbonyl (C=O) groups excluding carboxylic acids is 1. The van der Waals surface area contributed by atoms with E-state index < -0.39 is 0 Å². The van der Waals surface area contributed by atoms with Gasteiger partial charge in [-0.3, -0.25) is 9.89 Å². The molecule has 0 atom stereocenters. The van der Waals surface area contributed by atoms with Gasteiger partial charge in [0.2, 0.25) is 5.91 Å². The fourth-order valence-corrected chi connectivity index (χ4v) is 1.91. The molecule has 6 heteroatoms. The minimum atomic E-state index is -0.00282. The summed E-state index contributed by atoms with van der Waals surface area (Å²) in [6.45, 7) is 2.21. The van der Waals surface area contributed by atoms with Crippen LogP contribution in [0.15, 0.2) is 24.3 Å². The van der Waals surface area contributed by atoms with Crippen LogP contribution in [0.3, 0.4) is 0 Å². The lowest BCUT2D eigenvalue weighted by Gasteiger charge is -2.16. The quantitative estimate of drug-likeness (QED) is 0.892. The summed E-state index contributed by atoms with van der Waals surface area (Å²) in [6.07, 6.45) is 0.296. The third kappa shape index (κ3) is 3.34. The van der Waals surface area contributed by atoms with Crippen LogP contribution in [-0.4, -0.2) is 40.1 Å². The topological polar surface area (TPSA) is 71.1 Å². The normalized spacial score (nSPS) is 10.3. The number of nitrogens with one attached hydrogen (secondary N) is 1. The summed E-state index contributed by atoms with van der Waals surface area (Å²) in [7, 11) is 3.34. The average molecular weight is 274 g/mol. The molecule has 0 unspecified atom stereocenters. The number of amides is 1. The van der Waals surface area contributed by atoms with Crippen molar-refractivity contribution in [1.29, 1.82) is 0 Å². The van der Waals surface area contributed by atoms with Crippen molar-refractivity contribution in [2.24, 2.45) is 0 Å². The SMILES string of the molecule is COc1ccccc1CC(=O)N(C)Cc1n[nH]c(C)n1. The number of ether oxygens (including phenoxy) is 1. The molecule has 0 saturated heterocycles. The molecule has 0 saturated carbocycles. The van der Waals surface area contributed by atoms with Crippen molar-refractivity contribution in [3.63, 3.8) is 0 Å². The number of hydrogen-bond donors (Lipinski definition) is 1. The van der Waals surface area contributed by atoms with E-state index in [1.165, 1.54) is 0 Å². The zero-order chi connectivity index (χ0) is 14.5. The first-order chi connectivity index (χ1) is 9.60. The predicted molar refractivity (Wildman–Crippen MR) is 74.3 cm³/mol. The summed E-state index contributed by atoms with van der Waals surface area (Å²) in [5.41, 5.74) is 0.873. The molecule has 1 amide bonds. The van der Waals surface area contributed by atoms with E-state index in [0.29, 0.717) is 18.8 Å². The van der Waals surface area contributed by atoms with Crippen LogP contribution in [0.4, 0.5) is 0 Å². The van der Waals surface area contributed by atoms with Gasteiger partial charge in [0.05, 0.1) is 20.1 Å². The molecule has 0 fully saturated rings. The number of aromatic amines is 1. The predicted octanol–water partition coefficient (Wildman–Crippen LogP) is 1.32. The molecule has 0 aliphatic heterocycles. The van der Waals surface area contributed by atoms with Crippen LogP contribution >= 0.6 is 0 Å². The second kappa shape index (κ2) is 6.18. The van der Waals surface area contributed by atoms with Gasteiger partial charge in [0, 0.05) is 12.6 Å². The van der Waals surface area contributed by atoms with E-state index in [1.54, 1.807) is 19.1 Å². The van der Waals surface area contributed by atoms with E-state index in [4.69, 9.17) is 4.74 Å². The molecule has 1 heterocycles.